The summed E-state index contributed by atoms with van der Waals surface area (Å²) in [6, 6.07) is 17.7. The first kappa shape index (κ1) is 23.5. The Kier molecular flexibility index (Phi) is 6.34. The third-order valence-corrected chi connectivity index (χ3v) is 8.52. The maximum atomic E-state index is 4.74. The van der Waals surface area contributed by atoms with Gasteiger partial charge >= 0.3 is 0 Å². The van der Waals surface area contributed by atoms with E-state index in [1.807, 2.05) is 12.4 Å². The van der Waals surface area contributed by atoms with Gasteiger partial charge < -0.3 is 15.2 Å². The van der Waals surface area contributed by atoms with E-state index in [4.69, 9.17) is 5.10 Å². The van der Waals surface area contributed by atoms with Crippen LogP contribution in [0.15, 0.2) is 60.9 Å². The number of piperidine rings is 1. The number of hydrogen-bond acceptors (Lipinski definition) is 4. The van der Waals surface area contributed by atoms with E-state index in [1.165, 1.54) is 61.6 Å². The molecule has 0 bridgehead atoms. The predicted octanol–water partition coefficient (Wildman–Crippen LogP) is 7.04. The molecule has 1 aliphatic heterocycles. The van der Waals surface area contributed by atoms with Gasteiger partial charge in [0.15, 0.2) is 0 Å². The van der Waals surface area contributed by atoms with Gasteiger partial charge in [-0.3, -0.25) is 10.1 Å². The van der Waals surface area contributed by atoms with Gasteiger partial charge in [0.05, 0.1) is 11.2 Å². The fraction of sp³-hybridized carbons (Fsp3) is 0.375. The summed E-state index contributed by atoms with van der Waals surface area (Å²) in [5.41, 5.74) is 9.08. The van der Waals surface area contributed by atoms with Crippen molar-refractivity contribution in [2.45, 2.75) is 51.5 Å². The molecule has 6 nitrogen and oxygen atoms in total. The first-order valence-corrected chi connectivity index (χ1v) is 14.3. The molecule has 2 fully saturated rings. The third-order valence-electron chi connectivity index (χ3n) is 8.52. The van der Waals surface area contributed by atoms with Crippen LogP contribution in [0, 0.1) is 5.92 Å². The fourth-order valence-corrected chi connectivity index (χ4v) is 6.45. The molecule has 2 aromatic carbocycles. The summed E-state index contributed by atoms with van der Waals surface area (Å²) in [4.78, 5) is 10.8. The maximum Gasteiger partial charge on any atom is 0.116 e. The lowest BCUT2D eigenvalue weighted by Crippen LogP contribution is -2.29. The molecule has 0 radical (unpaired) electrons. The molecule has 5 aromatic rings. The molecule has 4 heterocycles. The third kappa shape index (κ3) is 4.58. The topological polar surface area (TPSA) is 72.6 Å². The monoisotopic (exact) mass is 504 g/mol. The second-order valence-corrected chi connectivity index (χ2v) is 11.2. The largest absolute Gasteiger partial charge is 0.371 e. The Morgan fingerprint density at radius 1 is 0.842 bits per heavy atom. The molecule has 1 saturated carbocycles. The van der Waals surface area contributed by atoms with Crippen molar-refractivity contribution in [1.82, 2.24) is 25.5 Å². The minimum absolute atomic E-state index is 0.841. The number of H-pyrrole nitrogens is 2. The van der Waals surface area contributed by atoms with Crippen LogP contribution >= 0.6 is 0 Å². The lowest BCUT2D eigenvalue weighted by atomic mass is 10.0. The molecular weight excluding hydrogens is 468 g/mol. The quantitative estimate of drug-likeness (QED) is 0.222. The van der Waals surface area contributed by atoms with Gasteiger partial charge in [0.25, 0.3) is 0 Å². The Bertz CT molecular complexity index is 1550. The molecule has 2 aliphatic rings. The SMILES string of the molecule is c1cc(N2CCCCC2)c2cc(-c3n[nH]c4ccc(-c5cncc(CNCC6CCCC6)c5)cc34)[nH]c2c1. The van der Waals surface area contributed by atoms with Crippen LogP contribution in [0.5, 0.6) is 0 Å². The van der Waals surface area contributed by atoms with Crippen molar-refractivity contribution in [3.8, 4) is 22.5 Å². The van der Waals surface area contributed by atoms with Gasteiger partial charge in [0.2, 0.25) is 0 Å². The molecule has 6 heteroatoms. The lowest BCUT2D eigenvalue weighted by Gasteiger charge is -2.29. The van der Waals surface area contributed by atoms with E-state index in [9.17, 15) is 0 Å². The van der Waals surface area contributed by atoms with Gasteiger partial charge in [-0.25, -0.2) is 0 Å². The molecule has 38 heavy (non-hydrogen) atoms. The number of fused-ring (bicyclic) bond motifs is 2. The van der Waals surface area contributed by atoms with E-state index >= 15 is 0 Å². The first-order chi connectivity index (χ1) is 18.8. The van der Waals surface area contributed by atoms with Gasteiger partial charge in [0.1, 0.15) is 5.69 Å². The zero-order valence-electron chi connectivity index (χ0n) is 22.0. The van der Waals surface area contributed by atoms with Crippen molar-refractivity contribution in [1.29, 1.82) is 0 Å². The highest BCUT2D eigenvalue weighted by Crippen LogP contribution is 2.35. The van der Waals surface area contributed by atoms with Crippen LogP contribution in [-0.2, 0) is 6.54 Å². The summed E-state index contributed by atoms with van der Waals surface area (Å²) >= 11 is 0. The van der Waals surface area contributed by atoms with Crippen molar-refractivity contribution in [3.63, 3.8) is 0 Å². The van der Waals surface area contributed by atoms with E-state index in [0.29, 0.717) is 0 Å². The molecule has 0 unspecified atom stereocenters. The van der Waals surface area contributed by atoms with E-state index in [1.54, 1.807) is 0 Å². The zero-order valence-corrected chi connectivity index (χ0v) is 22.0. The Morgan fingerprint density at radius 2 is 1.74 bits per heavy atom. The van der Waals surface area contributed by atoms with Gasteiger partial charge in [-0.15, -0.1) is 0 Å². The lowest BCUT2D eigenvalue weighted by molar-refractivity contribution is 0.489. The van der Waals surface area contributed by atoms with Gasteiger partial charge in [-0.05, 0) is 92.1 Å². The molecular formula is C32H36N6. The summed E-state index contributed by atoms with van der Waals surface area (Å²) < 4.78 is 0. The number of benzene rings is 2. The van der Waals surface area contributed by atoms with E-state index < -0.39 is 0 Å². The number of anilines is 1. The van der Waals surface area contributed by atoms with Crippen molar-refractivity contribution in [3.05, 3.63) is 66.5 Å². The van der Waals surface area contributed by atoms with E-state index in [2.05, 4.69) is 73.8 Å². The first-order valence-electron chi connectivity index (χ1n) is 14.3. The summed E-state index contributed by atoms with van der Waals surface area (Å²) in [5.74, 6) is 0.841. The Balaban J connectivity index is 1.18. The van der Waals surface area contributed by atoms with Gasteiger partial charge in [0, 0.05) is 59.6 Å². The Morgan fingerprint density at radius 3 is 2.63 bits per heavy atom. The summed E-state index contributed by atoms with van der Waals surface area (Å²) in [6.45, 7) is 4.25. The molecule has 1 aliphatic carbocycles. The fourth-order valence-electron chi connectivity index (χ4n) is 6.45. The molecule has 0 amide bonds. The average Bonchev–Trinajstić information content (AvgIpc) is 3.73. The molecule has 3 N–H and O–H groups in total. The predicted molar refractivity (Wildman–Crippen MR) is 156 cm³/mol. The number of hydrogen-bond donors (Lipinski definition) is 3. The molecule has 0 spiro atoms. The van der Waals surface area contributed by atoms with E-state index in [-0.39, 0.29) is 0 Å². The van der Waals surface area contributed by atoms with Gasteiger partial charge in [-0.2, -0.15) is 5.10 Å². The van der Waals surface area contributed by atoms with E-state index in [0.717, 1.165) is 71.0 Å². The summed E-state index contributed by atoms with van der Waals surface area (Å²) in [7, 11) is 0. The second kappa shape index (κ2) is 10.3. The number of aromatic nitrogens is 4. The number of pyridine rings is 1. The minimum atomic E-state index is 0.841. The van der Waals surface area contributed by atoms with Crippen LogP contribution in [0.4, 0.5) is 5.69 Å². The smallest absolute Gasteiger partial charge is 0.116 e. The van der Waals surface area contributed by atoms with Crippen molar-refractivity contribution < 1.29 is 0 Å². The maximum absolute atomic E-state index is 4.74. The second-order valence-electron chi connectivity index (χ2n) is 11.2. The molecule has 194 valence electrons. The average molecular weight is 505 g/mol. The standard InChI is InChI=1S/C32H36N6/c1-4-13-38(14-5-1)31-10-6-9-28-26(31)17-30(35-28)32-27-16-24(11-12-29(27)36-37-32)25-15-23(20-34-21-25)19-33-18-22-7-2-3-8-22/h6,9-12,15-17,20-22,33,35H,1-5,7-8,13-14,18-19H2,(H,36,37). The molecule has 0 atom stereocenters. The van der Waals surface area contributed by atoms with Crippen LogP contribution in [0.25, 0.3) is 44.3 Å². The summed E-state index contributed by atoms with van der Waals surface area (Å²) in [5, 5.41) is 14.0. The van der Waals surface area contributed by atoms with Crippen molar-refractivity contribution >= 4 is 27.5 Å². The van der Waals surface area contributed by atoms with Crippen molar-refractivity contribution in [2.24, 2.45) is 5.92 Å². The highest BCUT2D eigenvalue weighted by Gasteiger charge is 2.18. The van der Waals surface area contributed by atoms with Crippen LogP contribution < -0.4 is 10.2 Å². The zero-order chi connectivity index (χ0) is 25.3. The normalized spacial score (nSPS) is 16.7. The Hall–Kier alpha value is -3.64. The number of aromatic amines is 2. The number of nitrogens with one attached hydrogen (secondary N) is 3. The Labute approximate surface area is 223 Å². The van der Waals surface area contributed by atoms with Crippen molar-refractivity contribution in [2.75, 3.05) is 24.5 Å². The van der Waals surface area contributed by atoms with Gasteiger partial charge in [-0.1, -0.05) is 25.0 Å². The highest BCUT2D eigenvalue weighted by molar-refractivity contribution is 6.00. The van der Waals surface area contributed by atoms with Crippen LogP contribution in [0.2, 0.25) is 0 Å². The molecule has 3 aromatic heterocycles. The van der Waals surface area contributed by atoms with Crippen LogP contribution in [0.3, 0.4) is 0 Å². The number of nitrogens with zero attached hydrogens (tertiary/aromatic N) is 3. The highest BCUT2D eigenvalue weighted by atomic mass is 15.1. The van der Waals surface area contributed by atoms with Crippen LogP contribution in [-0.4, -0.2) is 39.8 Å². The summed E-state index contributed by atoms with van der Waals surface area (Å²) in [6.07, 6.45) is 13.3. The van der Waals surface area contributed by atoms with Crippen LogP contribution in [0.1, 0.15) is 50.5 Å². The number of rotatable bonds is 7. The molecule has 7 rings (SSSR count). The molecule has 1 saturated heterocycles. The minimum Gasteiger partial charge on any atom is -0.371 e.